The molecule has 0 atom stereocenters. The molecule has 0 aliphatic rings. The summed E-state index contributed by atoms with van der Waals surface area (Å²) in [4.78, 5) is 10.2. The second-order valence-corrected chi connectivity index (χ2v) is 5.47. The summed E-state index contributed by atoms with van der Waals surface area (Å²) in [6.45, 7) is 0.661. The van der Waals surface area contributed by atoms with Gasteiger partial charge in [0, 0.05) is 23.4 Å². The zero-order chi connectivity index (χ0) is 11.0. The van der Waals surface area contributed by atoms with Crippen LogP contribution in [-0.4, -0.2) is 16.5 Å². The van der Waals surface area contributed by atoms with Gasteiger partial charge in [0.2, 0.25) is 0 Å². The molecule has 5 heteroatoms. The third-order valence-corrected chi connectivity index (χ3v) is 4.54. The van der Waals surface area contributed by atoms with Crippen molar-refractivity contribution in [2.75, 3.05) is 6.54 Å². The van der Waals surface area contributed by atoms with E-state index in [1.807, 2.05) is 6.20 Å². The van der Waals surface area contributed by atoms with E-state index in [9.17, 15) is 0 Å². The van der Waals surface area contributed by atoms with Crippen LogP contribution >= 0.6 is 22.7 Å². The third kappa shape index (κ3) is 1.67. The quantitative estimate of drug-likeness (QED) is 0.750. The van der Waals surface area contributed by atoms with E-state index in [0.29, 0.717) is 6.54 Å². The maximum Gasteiger partial charge on any atom is 0.133 e. The molecule has 3 aromatic rings. The number of thiophene rings is 1. The largest absolute Gasteiger partial charge is 0.353 e. The molecule has 0 saturated carbocycles. The van der Waals surface area contributed by atoms with Crippen LogP contribution in [0.5, 0.6) is 0 Å². The number of thiazole rings is 1. The Labute approximate surface area is 101 Å². The minimum Gasteiger partial charge on any atom is -0.353 e. The smallest absolute Gasteiger partial charge is 0.133 e. The molecule has 0 radical (unpaired) electrons. The highest BCUT2D eigenvalue weighted by atomic mass is 32.1. The number of rotatable bonds is 3. The fourth-order valence-corrected chi connectivity index (χ4v) is 3.58. The molecule has 16 heavy (non-hydrogen) atoms. The Bertz CT molecular complexity index is 577. The second-order valence-electron chi connectivity index (χ2n) is 3.56. The van der Waals surface area contributed by atoms with E-state index in [1.165, 1.54) is 15.1 Å². The predicted octanol–water partition coefficient (Wildman–Crippen LogP) is 2.85. The lowest BCUT2D eigenvalue weighted by atomic mass is 10.3. The van der Waals surface area contributed by atoms with Gasteiger partial charge in [-0.3, -0.25) is 0 Å². The number of nitrogens with two attached hydrogens (primary N) is 1. The summed E-state index contributed by atoms with van der Waals surface area (Å²) in [7, 11) is 0. The van der Waals surface area contributed by atoms with Crippen molar-refractivity contribution in [3.8, 4) is 9.88 Å². The summed E-state index contributed by atoms with van der Waals surface area (Å²) in [6, 6.07) is 4.27. The van der Waals surface area contributed by atoms with Crippen LogP contribution in [-0.2, 0) is 6.42 Å². The Kier molecular flexibility index (Phi) is 2.51. The molecule has 0 spiro atoms. The van der Waals surface area contributed by atoms with Gasteiger partial charge in [0.15, 0.2) is 0 Å². The number of nitrogens with one attached hydrogen (secondary N) is 1. The van der Waals surface area contributed by atoms with Crippen molar-refractivity contribution in [1.29, 1.82) is 0 Å². The Morgan fingerprint density at radius 3 is 3.19 bits per heavy atom. The van der Waals surface area contributed by atoms with Gasteiger partial charge in [0.25, 0.3) is 0 Å². The van der Waals surface area contributed by atoms with Gasteiger partial charge in [-0.25, -0.2) is 4.98 Å². The zero-order valence-electron chi connectivity index (χ0n) is 8.56. The number of hydrogen-bond donors (Lipinski definition) is 2. The van der Waals surface area contributed by atoms with Gasteiger partial charge in [0.05, 0.1) is 10.6 Å². The van der Waals surface area contributed by atoms with E-state index in [1.54, 1.807) is 22.7 Å². The maximum atomic E-state index is 5.52. The van der Waals surface area contributed by atoms with Crippen LogP contribution in [0.25, 0.3) is 20.1 Å². The van der Waals surface area contributed by atoms with Gasteiger partial charge < -0.3 is 10.7 Å². The van der Waals surface area contributed by atoms with Crippen LogP contribution in [0.2, 0.25) is 0 Å². The first-order valence-electron chi connectivity index (χ1n) is 5.08. The first-order chi connectivity index (χ1) is 7.86. The van der Waals surface area contributed by atoms with Crippen molar-refractivity contribution in [3.63, 3.8) is 0 Å². The van der Waals surface area contributed by atoms with Crippen LogP contribution in [0.15, 0.2) is 23.7 Å². The van der Waals surface area contributed by atoms with Crippen molar-refractivity contribution >= 4 is 32.9 Å². The number of aromatic nitrogens is 2. The lowest BCUT2D eigenvalue weighted by Gasteiger charge is -1.89. The van der Waals surface area contributed by atoms with Gasteiger partial charge in [-0.05, 0) is 18.7 Å². The van der Waals surface area contributed by atoms with E-state index in [0.717, 1.165) is 17.1 Å². The average molecular weight is 249 g/mol. The number of nitrogens with zero attached hydrogens (tertiary/aromatic N) is 1. The Morgan fingerprint density at radius 1 is 1.44 bits per heavy atom. The molecule has 0 aliphatic carbocycles. The van der Waals surface area contributed by atoms with E-state index in [4.69, 9.17) is 5.73 Å². The van der Waals surface area contributed by atoms with E-state index >= 15 is 0 Å². The molecule has 0 bridgehead atoms. The second kappa shape index (κ2) is 4.01. The Balaban J connectivity index is 1.98. The summed E-state index contributed by atoms with van der Waals surface area (Å²) < 4.78 is 0. The molecule has 3 heterocycles. The Morgan fingerprint density at radius 2 is 2.38 bits per heavy atom. The number of H-pyrrole nitrogens is 1. The monoisotopic (exact) mass is 249 g/mol. The highest BCUT2D eigenvalue weighted by Crippen LogP contribution is 2.34. The molecule has 3 aromatic heterocycles. The van der Waals surface area contributed by atoms with Crippen LogP contribution in [0, 0.1) is 0 Å². The fourth-order valence-electron chi connectivity index (χ4n) is 1.64. The molecule has 0 aromatic carbocycles. The normalized spacial score (nSPS) is 11.3. The van der Waals surface area contributed by atoms with E-state index in [2.05, 4.69) is 27.5 Å². The predicted molar refractivity (Wildman–Crippen MR) is 70.0 cm³/mol. The highest BCUT2D eigenvalue weighted by molar-refractivity contribution is 7.25. The van der Waals surface area contributed by atoms with Gasteiger partial charge in [-0.2, -0.15) is 0 Å². The van der Waals surface area contributed by atoms with Crippen LogP contribution in [0.1, 0.15) is 5.69 Å². The minimum absolute atomic E-state index is 0.661. The molecular formula is C11H11N3S2. The molecule has 3 rings (SSSR count). The molecule has 3 nitrogen and oxygen atoms in total. The molecule has 82 valence electrons. The number of hydrogen-bond acceptors (Lipinski definition) is 4. The fraction of sp³-hybridized carbons (Fsp3) is 0.182. The molecule has 0 unspecified atom stereocenters. The van der Waals surface area contributed by atoms with Crippen molar-refractivity contribution in [2.24, 2.45) is 5.73 Å². The molecule has 3 N–H and O–H groups in total. The minimum atomic E-state index is 0.661. The molecule has 0 fully saturated rings. The Hall–Kier alpha value is -1.17. The number of aromatic amines is 1. The summed E-state index contributed by atoms with van der Waals surface area (Å²) in [5.74, 6) is 0. The van der Waals surface area contributed by atoms with Crippen LogP contribution in [0.4, 0.5) is 0 Å². The van der Waals surface area contributed by atoms with Gasteiger partial charge in [0.1, 0.15) is 9.84 Å². The van der Waals surface area contributed by atoms with Gasteiger partial charge in [-0.1, -0.05) is 0 Å². The van der Waals surface area contributed by atoms with Crippen molar-refractivity contribution < 1.29 is 0 Å². The van der Waals surface area contributed by atoms with Crippen molar-refractivity contribution in [1.82, 2.24) is 9.97 Å². The maximum absolute atomic E-state index is 5.52. The summed E-state index contributed by atoms with van der Waals surface area (Å²) in [6.07, 6.45) is 2.83. The molecule has 0 saturated heterocycles. The molecular weight excluding hydrogens is 238 g/mol. The van der Waals surface area contributed by atoms with E-state index < -0.39 is 0 Å². The van der Waals surface area contributed by atoms with Gasteiger partial charge >= 0.3 is 0 Å². The van der Waals surface area contributed by atoms with Crippen LogP contribution in [0.3, 0.4) is 0 Å². The summed E-state index contributed by atoms with van der Waals surface area (Å²) in [5, 5.41) is 4.45. The SMILES string of the molecule is NCCc1csc(-c2cc3cc[nH]c3s2)n1. The standard InChI is InChI=1S/C11H11N3S2/c12-3-1-8-6-15-11(14-8)9-5-7-2-4-13-10(7)16-9/h2,4-6,13H,1,3,12H2. The lowest BCUT2D eigenvalue weighted by Crippen LogP contribution is -2.02. The number of fused-ring (bicyclic) bond motifs is 1. The molecule has 0 aliphatic heterocycles. The van der Waals surface area contributed by atoms with Crippen molar-refractivity contribution in [3.05, 3.63) is 29.4 Å². The van der Waals surface area contributed by atoms with E-state index in [-0.39, 0.29) is 0 Å². The van der Waals surface area contributed by atoms with Gasteiger partial charge in [-0.15, -0.1) is 22.7 Å². The highest BCUT2D eigenvalue weighted by Gasteiger charge is 2.08. The average Bonchev–Trinajstić information content (AvgIpc) is 2.88. The summed E-state index contributed by atoms with van der Waals surface area (Å²) in [5.41, 5.74) is 6.61. The lowest BCUT2D eigenvalue weighted by molar-refractivity contribution is 0.937. The van der Waals surface area contributed by atoms with Crippen LogP contribution < -0.4 is 5.73 Å². The topological polar surface area (TPSA) is 54.7 Å². The van der Waals surface area contributed by atoms with Crippen molar-refractivity contribution in [2.45, 2.75) is 6.42 Å². The summed E-state index contributed by atoms with van der Waals surface area (Å²) >= 11 is 3.44. The third-order valence-electron chi connectivity index (χ3n) is 2.40. The molecule has 0 amide bonds. The first kappa shape index (κ1) is 10.0. The zero-order valence-corrected chi connectivity index (χ0v) is 10.2. The first-order valence-corrected chi connectivity index (χ1v) is 6.78.